The number of nitrogens with one attached hydrogen (secondary N) is 1. The van der Waals surface area contributed by atoms with Crippen LogP contribution in [-0.4, -0.2) is 32.0 Å². The zero-order chi connectivity index (χ0) is 24.6. The van der Waals surface area contributed by atoms with E-state index in [0.717, 1.165) is 16.0 Å². The Balaban J connectivity index is 1.50. The summed E-state index contributed by atoms with van der Waals surface area (Å²) in [6, 6.07) is 19.8. The second-order valence-corrected chi connectivity index (χ2v) is 9.93. The third kappa shape index (κ3) is 4.37. The van der Waals surface area contributed by atoms with Crippen molar-refractivity contribution in [1.82, 2.24) is 20.0 Å². The van der Waals surface area contributed by atoms with Crippen molar-refractivity contribution in [2.45, 2.75) is 39.0 Å². The average Bonchev–Trinajstić information content (AvgIpc) is 3.51. The summed E-state index contributed by atoms with van der Waals surface area (Å²) in [6.07, 6.45) is 0. The molecule has 0 saturated carbocycles. The second-order valence-electron chi connectivity index (χ2n) is 8.98. The van der Waals surface area contributed by atoms with Gasteiger partial charge in [0.2, 0.25) is 5.91 Å². The number of amides is 2. The number of aromatic nitrogens is 2. The number of fused-ring (bicyclic) bond motifs is 1. The number of carbonyl (C=O) groups excluding carboxylic acids is 2. The number of hydrogen-bond donors (Lipinski definition) is 1. The quantitative estimate of drug-likeness (QED) is 0.424. The molecule has 1 aliphatic heterocycles. The SMILES string of the molecule is Cc1cccc(CNC(=O)[C@@]2(C)Cn3nc(-c4cccs4)cc3C(=O)N2Cc2ccccc2F)c1. The van der Waals surface area contributed by atoms with Gasteiger partial charge in [-0.2, -0.15) is 5.10 Å². The van der Waals surface area contributed by atoms with Gasteiger partial charge < -0.3 is 10.2 Å². The van der Waals surface area contributed by atoms with E-state index < -0.39 is 11.4 Å². The summed E-state index contributed by atoms with van der Waals surface area (Å²) in [6.45, 7) is 4.16. The molecule has 3 heterocycles. The monoisotopic (exact) mass is 488 g/mol. The molecule has 0 radical (unpaired) electrons. The number of hydrogen-bond acceptors (Lipinski definition) is 4. The molecule has 1 N–H and O–H groups in total. The van der Waals surface area contributed by atoms with E-state index in [4.69, 9.17) is 0 Å². The maximum absolute atomic E-state index is 14.6. The van der Waals surface area contributed by atoms with Gasteiger partial charge in [0.05, 0.1) is 18.0 Å². The van der Waals surface area contributed by atoms with Gasteiger partial charge in [0.25, 0.3) is 5.91 Å². The highest BCUT2D eigenvalue weighted by Gasteiger charge is 2.48. The topological polar surface area (TPSA) is 67.2 Å². The van der Waals surface area contributed by atoms with Crippen molar-refractivity contribution in [2.75, 3.05) is 0 Å². The largest absolute Gasteiger partial charge is 0.350 e. The standard InChI is InChI=1S/C27H25FN4O2S/c1-18-7-5-8-19(13-18)15-29-26(34)27(2)17-32-23(14-22(30-32)24-11-6-12-35-24)25(33)31(27)16-20-9-3-4-10-21(20)28/h3-14H,15-17H2,1-2H3,(H,29,34)/t27-/m1/s1. The Labute approximate surface area is 207 Å². The minimum atomic E-state index is -1.27. The van der Waals surface area contributed by atoms with Crippen molar-refractivity contribution in [3.8, 4) is 10.6 Å². The fourth-order valence-electron chi connectivity index (χ4n) is 4.43. The van der Waals surface area contributed by atoms with Crippen LogP contribution in [0, 0.1) is 12.7 Å². The normalized spacial score (nSPS) is 17.3. The van der Waals surface area contributed by atoms with Crippen LogP contribution in [0.4, 0.5) is 4.39 Å². The molecule has 1 atom stereocenters. The van der Waals surface area contributed by atoms with Gasteiger partial charge in [-0.15, -0.1) is 11.3 Å². The van der Waals surface area contributed by atoms with Gasteiger partial charge >= 0.3 is 0 Å². The number of aryl methyl sites for hydroxylation is 1. The second kappa shape index (κ2) is 9.11. The minimum absolute atomic E-state index is 0.0284. The summed E-state index contributed by atoms with van der Waals surface area (Å²) < 4.78 is 16.2. The van der Waals surface area contributed by atoms with Gasteiger partial charge in [0, 0.05) is 12.1 Å². The molecule has 0 bridgehead atoms. The number of rotatable bonds is 6. The molecule has 1 aliphatic rings. The number of carbonyl (C=O) groups is 2. The molecule has 2 aromatic carbocycles. The van der Waals surface area contributed by atoms with E-state index in [2.05, 4.69) is 10.4 Å². The van der Waals surface area contributed by atoms with E-state index in [0.29, 0.717) is 23.5 Å². The first-order valence-corrected chi connectivity index (χ1v) is 12.2. The zero-order valence-corrected chi connectivity index (χ0v) is 20.3. The van der Waals surface area contributed by atoms with E-state index in [9.17, 15) is 14.0 Å². The van der Waals surface area contributed by atoms with Crippen molar-refractivity contribution in [2.24, 2.45) is 0 Å². The maximum Gasteiger partial charge on any atom is 0.273 e. The number of thiophene rings is 1. The van der Waals surface area contributed by atoms with Crippen LogP contribution in [0.25, 0.3) is 10.6 Å². The molecule has 0 spiro atoms. The smallest absolute Gasteiger partial charge is 0.273 e. The maximum atomic E-state index is 14.6. The Kier molecular flexibility index (Phi) is 5.98. The lowest BCUT2D eigenvalue weighted by Crippen LogP contribution is -2.63. The van der Waals surface area contributed by atoms with Crippen molar-refractivity contribution >= 4 is 23.2 Å². The molecular weight excluding hydrogens is 463 g/mol. The summed E-state index contributed by atoms with van der Waals surface area (Å²) in [5, 5.41) is 9.57. The molecule has 35 heavy (non-hydrogen) atoms. The van der Waals surface area contributed by atoms with Crippen LogP contribution in [0.3, 0.4) is 0 Å². The first-order valence-electron chi connectivity index (χ1n) is 11.4. The van der Waals surface area contributed by atoms with Gasteiger partial charge in [-0.05, 0) is 43.0 Å². The molecule has 0 unspecified atom stereocenters. The molecule has 6 nitrogen and oxygen atoms in total. The number of nitrogens with zero attached hydrogens (tertiary/aromatic N) is 3. The molecule has 0 aliphatic carbocycles. The highest BCUT2D eigenvalue weighted by molar-refractivity contribution is 7.13. The fraction of sp³-hybridized carbons (Fsp3) is 0.222. The highest BCUT2D eigenvalue weighted by atomic mass is 32.1. The van der Waals surface area contributed by atoms with Crippen molar-refractivity contribution in [3.63, 3.8) is 0 Å². The Morgan fingerprint density at radius 1 is 1.14 bits per heavy atom. The summed E-state index contributed by atoms with van der Waals surface area (Å²) >= 11 is 1.53. The lowest BCUT2D eigenvalue weighted by molar-refractivity contribution is -0.133. The van der Waals surface area contributed by atoms with Gasteiger partial charge in [-0.1, -0.05) is 54.1 Å². The highest BCUT2D eigenvalue weighted by Crippen LogP contribution is 2.33. The van der Waals surface area contributed by atoms with E-state index in [-0.39, 0.29) is 24.9 Å². The van der Waals surface area contributed by atoms with E-state index in [1.807, 2.05) is 48.7 Å². The van der Waals surface area contributed by atoms with Crippen LogP contribution in [0.1, 0.15) is 34.1 Å². The minimum Gasteiger partial charge on any atom is -0.350 e. The molecule has 4 aromatic rings. The van der Waals surface area contributed by atoms with Gasteiger partial charge in [-0.3, -0.25) is 14.3 Å². The van der Waals surface area contributed by atoms with E-state index >= 15 is 0 Å². The third-order valence-corrected chi connectivity index (χ3v) is 7.27. The van der Waals surface area contributed by atoms with Crippen molar-refractivity contribution in [3.05, 3.63) is 100 Å². The van der Waals surface area contributed by atoms with Crippen LogP contribution < -0.4 is 5.32 Å². The molecular formula is C27H25FN4O2S. The van der Waals surface area contributed by atoms with Crippen LogP contribution in [-0.2, 0) is 24.4 Å². The summed E-state index contributed by atoms with van der Waals surface area (Å²) in [5.41, 5.74) is 2.20. The Morgan fingerprint density at radius 2 is 1.97 bits per heavy atom. The van der Waals surface area contributed by atoms with E-state index in [1.54, 1.807) is 35.9 Å². The van der Waals surface area contributed by atoms with Crippen molar-refractivity contribution in [1.29, 1.82) is 0 Å². The molecule has 5 rings (SSSR count). The molecule has 0 saturated heterocycles. The van der Waals surface area contributed by atoms with Crippen LogP contribution in [0.5, 0.6) is 0 Å². The average molecular weight is 489 g/mol. The Bertz CT molecular complexity index is 1400. The predicted octanol–water partition coefficient (Wildman–Crippen LogP) is 4.79. The number of benzene rings is 2. The molecule has 8 heteroatoms. The molecule has 2 amide bonds. The Hall–Kier alpha value is -3.78. The summed E-state index contributed by atoms with van der Waals surface area (Å²) in [7, 11) is 0. The van der Waals surface area contributed by atoms with E-state index in [1.165, 1.54) is 22.3 Å². The number of halogens is 1. The first-order chi connectivity index (χ1) is 16.8. The van der Waals surface area contributed by atoms with Gasteiger partial charge in [0.15, 0.2) is 0 Å². The molecule has 0 fully saturated rings. The van der Waals surface area contributed by atoms with Crippen LogP contribution in [0.15, 0.2) is 72.1 Å². The third-order valence-electron chi connectivity index (χ3n) is 6.38. The first kappa shape index (κ1) is 23.0. The zero-order valence-electron chi connectivity index (χ0n) is 19.5. The van der Waals surface area contributed by atoms with Crippen LogP contribution in [0.2, 0.25) is 0 Å². The Morgan fingerprint density at radius 3 is 2.71 bits per heavy atom. The van der Waals surface area contributed by atoms with Gasteiger partial charge in [0.1, 0.15) is 22.7 Å². The summed E-state index contributed by atoms with van der Waals surface area (Å²) in [5.74, 6) is -1.09. The van der Waals surface area contributed by atoms with Crippen molar-refractivity contribution < 1.29 is 14.0 Å². The predicted molar refractivity (Wildman–Crippen MR) is 133 cm³/mol. The molecule has 178 valence electrons. The van der Waals surface area contributed by atoms with Crippen LogP contribution >= 0.6 is 11.3 Å². The van der Waals surface area contributed by atoms with Gasteiger partial charge in [-0.25, -0.2) is 4.39 Å². The lowest BCUT2D eigenvalue weighted by atomic mass is 9.94. The fourth-order valence-corrected chi connectivity index (χ4v) is 5.11. The molecule has 2 aromatic heterocycles. The summed E-state index contributed by atoms with van der Waals surface area (Å²) in [4.78, 5) is 29.7. The lowest BCUT2D eigenvalue weighted by Gasteiger charge is -2.43.